The number of nitrogens with zero attached hydrogens (tertiary/aromatic N) is 2. The van der Waals surface area contributed by atoms with Crippen LogP contribution in [0.2, 0.25) is 0 Å². The zero-order chi connectivity index (χ0) is 15.4. The highest BCUT2D eigenvalue weighted by molar-refractivity contribution is 5.84. The Balaban J connectivity index is 2.57. The molecule has 1 amide bonds. The van der Waals surface area contributed by atoms with Gasteiger partial charge in [0, 0.05) is 18.6 Å². The Morgan fingerprint density at radius 1 is 1.40 bits per heavy atom. The Kier molecular flexibility index (Phi) is 5.59. The van der Waals surface area contributed by atoms with E-state index in [4.69, 9.17) is 5.26 Å². The molecule has 0 aromatic carbocycles. The lowest BCUT2D eigenvalue weighted by atomic mass is 9.90. The Bertz CT molecular complexity index is 382. The van der Waals surface area contributed by atoms with E-state index in [9.17, 15) is 4.79 Å². The molecular weight excluding hydrogens is 250 g/mol. The first kappa shape index (κ1) is 17.0. The predicted molar refractivity (Wildman–Crippen MR) is 81.1 cm³/mol. The van der Waals surface area contributed by atoms with E-state index in [1.54, 1.807) is 13.8 Å². The predicted octanol–water partition coefficient (Wildman–Crippen LogP) is 2.55. The highest BCUT2D eigenvalue weighted by Crippen LogP contribution is 2.25. The van der Waals surface area contributed by atoms with Crippen molar-refractivity contribution in [2.45, 2.75) is 59.4 Å². The van der Waals surface area contributed by atoms with Gasteiger partial charge in [0.2, 0.25) is 5.91 Å². The third kappa shape index (κ3) is 4.21. The summed E-state index contributed by atoms with van der Waals surface area (Å²) in [4.78, 5) is 14.5. The van der Waals surface area contributed by atoms with Crippen molar-refractivity contribution in [2.75, 3.05) is 19.6 Å². The van der Waals surface area contributed by atoms with Gasteiger partial charge in [-0.15, -0.1) is 0 Å². The van der Waals surface area contributed by atoms with E-state index in [-0.39, 0.29) is 11.4 Å². The molecule has 0 aromatic rings. The molecule has 1 saturated heterocycles. The van der Waals surface area contributed by atoms with Gasteiger partial charge >= 0.3 is 0 Å². The fourth-order valence-electron chi connectivity index (χ4n) is 2.63. The van der Waals surface area contributed by atoms with E-state index in [0.29, 0.717) is 6.54 Å². The second kappa shape index (κ2) is 6.58. The summed E-state index contributed by atoms with van der Waals surface area (Å²) in [5.41, 5.74) is -1.01. The van der Waals surface area contributed by atoms with Crippen LogP contribution in [0, 0.1) is 22.7 Å². The molecule has 1 aliphatic heterocycles. The normalized spacial score (nSPS) is 21.3. The van der Waals surface area contributed by atoms with Crippen molar-refractivity contribution in [3.05, 3.63) is 0 Å². The minimum absolute atomic E-state index is 0.0605. The third-order valence-electron chi connectivity index (χ3n) is 4.48. The van der Waals surface area contributed by atoms with E-state index in [0.717, 1.165) is 19.0 Å². The van der Waals surface area contributed by atoms with Crippen LogP contribution in [0.25, 0.3) is 0 Å². The second-order valence-corrected chi connectivity index (χ2v) is 7.09. The number of nitriles is 1. The lowest BCUT2D eigenvalue weighted by Crippen LogP contribution is -2.55. The summed E-state index contributed by atoms with van der Waals surface area (Å²) in [6.45, 7) is 12.7. The summed E-state index contributed by atoms with van der Waals surface area (Å²) in [5.74, 6) is 0.589. The zero-order valence-corrected chi connectivity index (χ0v) is 13.6. The Hall–Kier alpha value is -1.08. The molecule has 0 saturated carbocycles. The highest BCUT2D eigenvalue weighted by Gasteiger charge is 2.33. The van der Waals surface area contributed by atoms with Crippen LogP contribution >= 0.6 is 0 Å². The molecule has 0 bridgehead atoms. The summed E-state index contributed by atoms with van der Waals surface area (Å²) >= 11 is 0. The molecule has 1 N–H and O–H groups in total. The first-order chi connectivity index (χ1) is 9.23. The SMILES string of the molecule is CCC1CCCN(C(C)(C)CNC(=O)C(C)(C)C#N)C1. The van der Waals surface area contributed by atoms with Crippen molar-refractivity contribution >= 4 is 5.91 Å². The van der Waals surface area contributed by atoms with Crippen molar-refractivity contribution in [3.63, 3.8) is 0 Å². The fraction of sp³-hybridized carbons (Fsp3) is 0.875. The largest absolute Gasteiger partial charge is 0.353 e. The first-order valence-corrected chi connectivity index (χ1v) is 7.67. The standard InChI is InChI=1S/C16H29N3O/c1-6-13-8-7-9-19(10-13)16(4,5)12-18-14(20)15(2,3)11-17/h13H,6-10,12H2,1-5H3,(H,18,20). The van der Waals surface area contributed by atoms with Crippen LogP contribution in [-0.4, -0.2) is 36.0 Å². The molecule has 0 radical (unpaired) electrons. The van der Waals surface area contributed by atoms with E-state index in [1.165, 1.54) is 19.3 Å². The van der Waals surface area contributed by atoms with Crippen LogP contribution in [0.1, 0.15) is 53.9 Å². The number of carbonyl (C=O) groups is 1. The van der Waals surface area contributed by atoms with Crippen LogP contribution in [-0.2, 0) is 4.79 Å². The van der Waals surface area contributed by atoms with Crippen molar-refractivity contribution in [1.29, 1.82) is 5.26 Å². The monoisotopic (exact) mass is 279 g/mol. The minimum Gasteiger partial charge on any atom is -0.353 e. The average Bonchev–Trinajstić information content (AvgIpc) is 2.44. The average molecular weight is 279 g/mol. The van der Waals surface area contributed by atoms with Gasteiger partial charge in [-0.25, -0.2) is 0 Å². The molecular formula is C16H29N3O. The van der Waals surface area contributed by atoms with Crippen LogP contribution in [0.15, 0.2) is 0 Å². The van der Waals surface area contributed by atoms with Gasteiger partial charge in [0.15, 0.2) is 0 Å². The van der Waals surface area contributed by atoms with Gasteiger partial charge in [-0.2, -0.15) is 5.26 Å². The van der Waals surface area contributed by atoms with Crippen molar-refractivity contribution in [2.24, 2.45) is 11.3 Å². The van der Waals surface area contributed by atoms with Gasteiger partial charge in [-0.1, -0.05) is 13.3 Å². The lowest BCUT2D eigenvalue weighted by molar-refractivity contribution is -0.127. The molecule has 1 fully saturated rings. The Morgan fingerprint density at radius 3 is 2.60 bits per heavy atom. The summed E-state index contributed by atoms with van der Waals surface area (Å²) in [5, 5.41) is 11.9. The summed E-state index contributed by atoms with van der Waals surface area (Å²) in [6, 6.07) is 2.05. The van der Waals surface area contributed by atoms with Crippen molar-refractivity contribution in [1.82, 2.24) is 10.2 Å². The molecule has 20 heavy (non-hydrogen) atoms. The van der Waals surface area contributed by atoms with Gasteiger partial charge in [0.05, 0.1) is 6.07 Å². The minimum atomic E-state index is -0.954. The molecule has 1 rings (SSSR count). The van der Waals surface area contributed by atoms with Crippen LogP contribution < -0.4 is 5.32 Å². The summed E-state index contributed by atoms with van der Waals surface area (Å²) in [7, 11) is 0. The molecule has 4 heteroatoms. The van der Waals surface area contributed by atoms with E-state index in [2.05, 4.69) is 31.0 Å². The maximum atomic E-state index is 12.0. The quantitative estimate of drug-likeness (QED) is 0.841. The highest BCUT2D eigenvalue weighted by atomic mass is 16.2. The number of piperidine rings is 1. The van der Waals surface area contributed by atoms with E-state index < -0.39 is 5.41 Å². The van der Waals surface area contributed by atoms with Crippen LogP contribution in [0.3, 0.4) is 0 Å². The fourth-order valence-corrected chi connectivity index (χ4v) is 2.63. The van der Waals surface area contributed by atoms with Crippen LogP contribution in [0.4, 0.5) is 0 Å². The number of likely N-dealkylation sites (tertiary alicyclic amines) is 1. The molecule has 114 valence electrons. The Morgan fingerprint density at radius 2 is 2.05 bits per heavy atom. The summed E-state index contributed by atoms with van der Waals surface area (Å²) < 4.78 is 0. The number of carbonyl (C=O) groups excluding carboxylic acids is 1. The van der Waals surface area contributed by atoms with Gasteiger partial charge in [-0.05, 0) is 53.0 Å². The smallest absolute Gasteiger partial charge is 0.239 e. The number of hydrogen-bond donors (Lipinski definition) is 1. The zero-order valence-electron chi connectivity index (χ0n) is 13.6. The number of rotatable bonds is 5. The molecule has 1 aliphatic rings. The molecule has 0 aliphatic carbocycles. The topological polar surface area (TPSA) is 56.1 Å². The molecule has 0 spiro atoms. The van der Waals surface area contributed by atoms with Gasteiger partial charge in [0.25, 0.3) is 0 Å². The molecule has 0 aromatic heterocycles. The lowest BCUT2D eigenvalue weighted by Gasteiger charge is -2.43. The summed E-state index contributed by atoms with van der Waals surface area (Å²) in [6.07, 6.45) is 3.77. The first-order valence-electron chi connectivity index (χ1n) is 7.67. The van der Waals surface area contributed by atoms with Crippen LogP contribution in [0.5, 0.6) is 0 Å². The van der Waals surface area contributed by atoms with Gasteiger partial charge in [0.1, 0.15) is 5.41 Å². The second-order valence-electron chi connectivity index (χ2n) is 7.09. The third-order valence-corrected chi connectivity index (χ3v) is 4.48. The molecule has 1 heterocycles. The van der Waals surface area contributed by atoms with Gasteiger partial charge < -0.3 is 5.32 Å². The van der Waals surface area contributed by atoms with E-state index >= 15 is 0 Å². The molecule has 4 nitrogen and oxygen atoms in total. The maximum Gasteiger partial charge on any atom is 0.239 e. The van der Waals surface area contributed by atoms with E-state index in [1.807, 2.05) is 6.07 Å². The van der Waals surface area contributed by atoms with Crippen molar-refractivity contribution in [3.8, 4) is 6.07 Å². The maximum absolute atomic E-state index is 12.0. The Labute approximate surface area is 123 Å². The molecule has 1 unspecified atom stereocenters. The van der Waals surface area contributed by atoms with Crippen molar-refractivity contribution < 1.29 is 4.79 Å². The number of nitrogens with one attached hydrogen (secondary N) is 1. The molecule has 1 atom stereocenters. The van der Waals surface area contributed by atoms with Gasteiger partial charge in [-0.3, -0.25) is 9.69 Å². The number of hydrogen-bond acceptors (Lipinski definition) is 3. The number of amides is 1.